The van der Waals surface area contributed by atoms with Crippen molar-refractivity contribution in [1.29, 1.82) is 0 Å². The van der Waals surface area contributed by atoms with E-state index in [1.807, 2.05) is 6.07 Å². The average Bonchev–Trinajstić information content (AvgIpc) is 1.97. The number of rotatable bonds is 3. The number of hydrogen-bond acceptors (Lipinski definition) is 2. The Balaban J connectivity index is 3.23. The summed E-state index contributed by atoms with van der Waals surface area (Å²) in [6.07, 6.45) is 0. The number of benzene rings is 1. The first-order valence-electron chi connectivity index (χ1n) is 5.78. The minimum Gasteiger partial charge on any atom is -0.424 e. The molecular formula is C12H24N2Si2. The molecule has 0 aliphatic rings. The van der Waals surface area contributed by atoms with Crippen molar-refractivity contribution in [2.45, 2.75) is 39.3 Å². The van der Waals surface area contributed by atoms with Gasteiger partial charge in [0, 0.05) is 11.4 Å². The second-order valence-corrected chi connectivity index (χ2v) is 16.3. The van der Waals surface area contributed by atoms with Crippen molar-refractivity contribution < 1.29 is 0 Å². The van der Waals surface area contributed by atoms with Gasteiger partial charge in [0.05, 0.1) is 0 Å². The van der Waals surface area contributed by atoms with Crippen LogP contribution in [-0.4, -0.2) is 16.5 Å². The fourth-order valence-electron chi connectivity index (χ4n) is 2.44. The van der Waals surface area contributed by atoms with Gasteiger partial charge in [-0.15, -0.1) is 0 Å². The highest BCUT2D eigenvalue weighted by atomic mass is 28.4. The minimum absolute atomic E-state index is 0.860. The molecule has 0 atom stereocenters. The summed E-state index contributed by atoms with van der Waals surface area (Å²) in [6, 6.07) is 8.30. The molecule has 16 heavy (non-hydrogen) atoms. The molecule has 1 aromatic carbocycles. The number of nitrogens with zero attached hydrogens (tertiary/aromatic N) is 1. The summed E-state index contributed by atoms with van der Waals surface area (Å²) in [7, 11) is -2.69. The third kappa shape index (κ3) is 3.12. The Kier molecular flexibility index (Phi) is 3.54. The molecule has 0 fully saturated rings. The Morgan fingerprint density at radius 2 is 1.44 bits per heavy atom. The highest BCUT2D eigenvalue weighted by molar-refractivity contribution is 6.99. The Labute approximate surface area is 102 Å². The number of nitrogen functional groups attached to an aromatic ring is 1. The van der Waals surface area contributed by atoms with Crippen LogP contribution < -0.4 is 9.96 Å². The monoisotopic (exact) mass is 252 g/mol. The van der Waals surface area contributed by atoms with Gasteiger partial charge in [-0.05, 0) is 18.2 Å². The summed E-state index contributed by atoms with van der Waals surface area (Å²) in [5.41, 5.74) is 8.05. The lowest BCUT2D eigenvalue weighted by atomic mass is 10.3. The first kappa shape index (κ1) is 13.3. The Morgan fingerprint density at radius 1 is 0.938 bits per heavy atom. The molecule has 1 aromatic rings. The fourth-order valence-corrected chi connectivity index (χ4v) is 12.3. The minimum atomic E-state index is -1.35. The third-order valence-corrected chi connectivity index (χ3v) is 9.69. The summed E-state index contributed by atoms with van der Waals surface area (Å²) in [5, 5.41) is 0. The highest BCUT2D eigenvalue weighted by Crippen LogP contribution is 2.29. The molecule has 0 radical (unpaired) electrons. The van der Waals surface area contributed by atoms with Gasteiger partial charge in [0.15, 0.2) is 0 Å². The molecule has 90 valence electrons. The molecular weight excluding hydrogens is 228 g/mol. The molecule has 0 saturated carbocycles. The molecule has 1 rings (SSSR count). The van der Waals surface area contributed by atoms with Crippen molar-refractivity contribution in [3.05, 3.63) is 24.3 Å². The SMILES string of the molecule is C[Si](C)(C)N(c1cccc(N)c1)[Si](C)(C)C. The van der Waals surface area contributed by atoms with E-state index in [9.17, 15) is 0 Å². The summed E-state index contributed by atoms with van der Waals surface area (Å²) >= 11 is 0. The van der Waals surface area contributed by atoms with Gasteiger partial charge < -0.3 is 9.96 Å². The van der Waals surface area contributed by atoms with Crippen LogP contribution in [0.4, 0.5) is 11.4 Å². The molecule has 0 aliphatic heterocycles. The van der Waals surface area contributed by atoms with Crippen molar-refractivity contribution in [1.82, 2.24) is 0 Å². The van der Waals surface area contributed by atoms with Gasteiger partial charge in [0.2, 0.25) is 0 Å². The Bertz CT molecular complexity index is 350. The lowest BCUT2D eigenvalue weighted by molar-refractivity contribution is 1.35. The largest absolute Gasteiger partial charge is 0.424 e. The molecule has 0 amide bonds. The predicted octanol–water partition coefficient (Wildman–Crippen LogP) is 3.75. The van der Waals surface area contributed by atoms with Crippen LogP contribution in [0.1, 0.15) is 0 Å². The molecule has 2 nitrogen and oxygen atoms in total. The van der Waals surface area contributed by atoms with Gasteiger partial charge in [-0.25, -0.2) is 0 Å². The average molecular weight is 253 g/mol. The van der Waals surface area contributed by atoms with E-state index in [2.05, 4.69) is 61.7 Å². The smallest absolute Gasteiger partial charge is 0.138 e. The van der Waals surface area contributed by atoms with Crippen molar-refractivity contribution >= 4 is 27.8 Å². The molecule has 0 aliphatic carbocycles. The summed E-state index contributed by atoms with van der Waals surface area (Å²) in [4.78, 5) is 0. The second kappa shape index (κ2) is 4.26. The van der Waals surface area contributed by atoms with E-state index in [0.717, 1.165) is 5.69 Å². The van der Waals surface area contributed by atoms with E-state index in [-0.39, 0.29) is 0 Å². The molecule has 0 heterocycles. The fraction of sp³-hybridized carbons (Fsp3) is 0.500. The lowest BCUT2D eigenvalue weighted by Gasteiger charge is -2.46. The van der Waals surface area contributed by atoms with Crippen LogP contribution >= 0.6 is 0 Å². The Morgan fingerprint density at radius 3 is 1.81 bits per heavy atom. The first-order chi connectivity index (χ1) is 7.12. The van der Waals surface area contributed by atoms with Crippen LogP contribution in [0.25, 0.3) is 0 Å². The number of hydrogen-bond donors (Lipinski definition) is 1. The lowest BCUT2D eigenvalue weighted by Crippen LogP contribution is -2.59. The van der Waals surface area contributed by atoms with Gasteiger partial charge in [0.1, 0.15) is 16.5 Å². The van der Waals surface area contributed by atoms with Crippen molar-refractivity contribution in [2.24, 2.45) is 0 Å². The van der Waals surface area contributed by atoms with E-state index in [4.69, 9.17) is 5.73 Å². The van der Waals surface area contributed by atoms with Gasteiger partial charge >= 0.3 is 0 Å². The van der Waals surface area contributed by atoms with E-state index >= 15 is 0 Å². The highest BCUT2D eigenvalue weighted by Gasteiger charge is 2.34. The normalized spacial score (nSPS) is 12.6. The number of anilines is 2. The van der Waals surface area contributed by atoms with Crippen LogP contribution in [0, 0.1) is 0 Å². The first-order valence-corrected chi connectivity index (χ1v) is 12.7. The zero-order chi connectivity index (χ0) is 12.6. The van der Waals surface area contributed by atoms with Crippen molar-refractivity contribution in [3.63, 3.8) is 0 Å². The van der Waals surface area contributed by atoms with Crippen LogP contribution in [0.3, 0.4) is 0 Å². The molecule has 0 saturated heterocycles. The molecule has 0 spiro atoms. The van der Waals surface area contributed by atoms with E-state index < -0.39 is 16.5 Å². The zero-order valence-electron chi connectivity index (χ0n) is 11.3. The van der Waals surface area contributed by atoms with Crippen molar-refractivity contribution in [2.75, 3.05) is 9.96 Å². The maximum absolute atomic E-state index is 5.89. The van der Waals surface area contributed by atoms with E-state index in [1.54, 1.807) is 0 Å². The molecule has 0 unspecified atom stereocenters. The van der Waals surface area contributed by atoms with E-state index in [1.165, 1.54) is 5.69 Å². The van der Waals surface area contributed by atoms with Gasteiger partial charge in [0.25, 0.3) is 0 Å². The second-order valence-electron chi connectivity index (χ2n) is 6.27. The standard InChI is InChI=1S/C12H24N2Si2/c1-15(2,3)14(16(4,5)6)12-9-7-8-11(13)10-12/h7-10H,13H2,1-6H3. The van der Waals surface area contributed by atoms with Crippen LogP contribution in [0.2, 0.25) is 39.3 Å². The summed E-state index contributed by atoms with van der Waals surface area (Å²) < 4.78 is 2.68. The van der Waals surface area contributed by atoms with Crippen LogP contribution in [0.5, 0.6) is 0 Å². The molecule has 4 heteroatoms. The maximum atomic E-state index is 5.89. The molecule has 0 aromatic heterocycles. The summed E-state index contributed by atoms with van der Waals surface area (Å²) in [5.74, 6) is 0. The van der Waals surface area contributed by atoms with Gasteiger partial charge in [-0.2, -0.15) is 0 Å². The summed E-state index contributed by atoms with van der Waals surface area (Å²) in [6.45, 7) is 14.4. The van der Waals surface area contributed by atoms with Crippen LogP contribution in [-0.2, 0) is 0 Å². The maximum Gasteiger partial charge on any atom is 0.138 e. The molecule has 0 bridgehead atoms. The predicted molar refractivity (Wildman–Crippen MR) is 80.0 cm³/mol. The Hall–Kier alpha value is -0.746. The van der Waals surface area contributed by atoms with Crippen molar-refractivity contribution in [3.8, 4) is 0 Å². The van der Waals surface area contributed by atoms with Crippen LogP contribution in [0.15, 0.2) is 24.3 Å². The third-order valence-electron chi connectivity index (χ3n) is 2.47. The van der Waals surface area contributed by atoms with Gasteiger partial charge in [-0.3, -0.25) is 0 Å². The number of nitrogens with two attached hydrogens (primary N) is 1. The molecule has 2 N–H and O–H groups in total. The quantitative estimate of drug-likeness (QED) is 0.656. The topological polar surface area (TPSA) is 29.3 Å². The van der Waals surface area contributed by atoms with E-state index in [0.29, 0.717) is 0 Å². The van der Waals surface area contributed by atoms with Gasteiger partial charge in [-0.1, -0.05) is 45.3 Å². The zero-order valence-corrected chi connectivity index (χ0v) is 13.3.